The van der Waals surface area contributed by atoms with Gasteiger partial charge in [-0.3, -0.25) is 4.79 Å². The monoisotopic (exact) mass is 566 g/mol. The molecule has 0 radical (unpaired) electrons. The summed E-state index contributed by atoms with van der Waals surface area (Å²) < 4.78 is 39.4. The molecule has 0 N–H and O–H groups in total. The van der Waals surface area contributed by atoms with E-state index in [2.05, 4.69) is 0 Å². The van der Waals surface area contributed by atoms with Crippen LogP contribution in [-0.4, -0.2) is 57.4 Å². The molecule has 1 aromatic heterocycles. The van der Waals surface area contributed by atoms with E-state index in [-0.39, 0.29) is 23.9 Å². The lowest BCUT2D eigenvalue weighted by molar-refractivity contribution is -0.132. The quantitative estimate of drug-likeness (QED) is 0.211. The van der Waals surface area contributed by atoms with E-state index < -0.39 is 10.0 Å². The standard InChI is InChI=1S/C30H34N2O5S2/c1-4-16-32(39(34,35)27-13-12-24-8-5-6-9-25(24)20-27)22-30(33)31(21-26-10-7-18-38-26)17-15-23-11-14-28(36-2)29(19-23)37-3/h5-14,18-20H,4,15-17,21-22H2,1-3H3. The molecular formula is C30H34N2O5S2. The average molecular weight is 567 g/mol. The summed E-state index contributed by atoms with van der Waals surface area (Å²) >= 11 is 1.57. The fourth-order valence-electron chi connectivity index (χ4n) is 4.44. The summed E-state index contributed by atoms with van der Waals surface area (Å²) in [4.78, 5) is 16.6. The molecule has 0 atom stereocenters. The summed E-state index contributed by atoms with van der Waals surface area (Å²) in [5, 5.41) is 3.78. The van der Waals surface area contributed by atoms with Crippen LogP contribution in [-0.2, 0) is 27.8 Å². The van der Waals surface area contributed by atoms with Crippen molar-refractivity contribution in [1.29, 1.82) is 0 Å². The summed E-state index contributed by atoms with van der Waals surface area (Å²) in [5.74, 6) is 1.03. The highest BCUT2D eigenvalue weighted by Gasteiger charge is 2.28. The second-order valence-corrected chi connectivity index (χ2v) is 12.2. The van der Waals surface area contributed by atoms with Gasteiger partial charge in [-0.1, -0.05) is 49.4 Å². The first-order valence-electron chi connectivity index (χ1n) is 12.9. The van der Waals surface area contributed by atoms with Gasteiger partial charge in [0.2, 0.25) is 15.9 Å². The molecule has 0 aliphatic heterocycles. The number of ether oxygens (including phenoxy) is 2. The van der Waals surface area contributed by atoms with E-state index >= 15 is 0 Å². The zero-order valence-electron chi connectivity index (χ0n) is 22.5. The van der Waals surface area contributed by atoms with Crippen molar-refractivity contribution in [3.05, 3.63) is 88.6 Å². The summed E-state index contributed by atoms with van der Waals surface area (Å²) in [6, 6.07) is 22.4. The van der Waals surface area contributed by atoms with E-state index in [0.29, 0.717) is 37.4 Å². The third-order valence-electron chi connectivity index (χ3n) is 6.54. The molecule has 0 spiro atoms. The van der Waals surface area contributed by atoms with E-state index in [9.17, 15) is 13.2 Å². The van der Waals surface area contributed by atoms with Crippen LogP contribution < -0.4 is 9.47 Å². The minimum atomic E-state index is -3.87. The number of thiophene rings is 1. The first-order chi connectivity index (χ1) is 18.8. The maximum atomic E-state index is 13.7. The highest BCUT2D eigenvalue weighted by molar-refractivity contribution is 7.89. The van der Waals surface area contributed by atoms with E-state index in [4.69, 9.17) is 9.47 Å². The van der Waals surface area contributed by atoms with Gasteiger partial charge in [-0.15, -0.1) is 11.3 Å². The van der Waals surface area contributed by atoms with Gasteiger partial charge in [-0.2, -0.15) is 4.31 Å². The van der Waals surface area contributed by atoms with Crippen LogP contribution in [0, 0.1) is 0 Å². The van der Waals surface area contributed by atoms with Gasteiger partial charge in [0.1, 0.15) is 0 Å². The maximum absolute atomic E-state index is 13.7. The predicted molar refractivity (Wildman–Crippen MR) is 156 cm³/mol. The highest BCUT2D eigenvalue weighted by atomic mass is 32.2. The molecule has 0 saturated heterocycles. The summed E-state index contributed by atoms with van der Waals surface area (Å²) in [6.07, 6.45) is 1.18. The fraction of sp³-hybridized carbons (Fsp3) is 0.300. The zero-order valence-corrected chi connectivity index (χ0v) is 24.1. The van der Waals surface area contributed by atoms with Crippen molar-refractivity contribution in [2.24, 2.45) is 0 Å². The molecule has 4 rings (SSSR count). The second kappa shape index (κ2) is 13.1. The Kier molecular flexibility index (Phi) is 9.61. The second-order valence-electron chi connectivity index (χ2n) is 9.18. The topological polar surface area (TPSA) is 76.2 Å². The molecule has 0 unspecified atom stereocenters. The predicted octanol–water partition coefficient (Wildman–Crippen LogP) is 5.59. The number of carbonyl (C=O) groups is 1. The zero-order chi connectivity index (χ0) is 27.8. The van der Waals surface area contributed by atoms with E-state index in [1.165, 1.54) is 4.31 Å². The van der Waals surface area contributed by atoms with Crippen molar-refractivity contribution < 1.29 is 22.7 Å². The van der Waals surface area contributed by atoms with Gasteiger partial charge in [0, 0.05) is 18.0 Å². The van der Waals surface area contributed by atoms with Crippen molar-refractivity contribution in [3.8, 4) is 11.5 Å². The summed E-state index contributed by atoms with van der Waals surface area (Å²) in [5.41, 5.74) is 0.992. The molecule has 39 heavy (non-hydrogen) atoms. The molecule has 0 aliphatic rings. The number of fused-ring (bicyclic) bond motifs is 1. The fourth-order valence-corrected chi connectivity index (χ4v) is 6.68. The van der Waals surface area contributed by atoms with Crippen LogP contribution in [0.5, 0.6) is 11.5 Å². The number of amides is 1. The van der Waals surface area contributed by atoms with Crippen LogP contribution in [0.3, 0.4) is 0 Å². The first-order valence-corrected chi connectivity index (χ1v) is 15.2. The molecule has 9 heteroatoms. The molecule has 0 bridgehead atoms. The van der Waals surface area contributed by atoms with Crippen LogP contribution in [0.25, 0.3) is 10.8 Å². The molecule has 3 aromatic carbocycles. The Morgan fingerprint density at radius 1 is 0.872 bits per heavy atom. The van der Waals surface area contributed by atoms with Gasteiger partial charge in [0.25, 0.3) is 0 Å². The van der Waals surface area contributed by atoms with Crippen LogP contribution in [0.2, 0.25) is 0 Å². The maximum Gasteiger partial charge on any atom is 0.243 e. The number of nitrogens with zero attached hydrogens (tertiary/aromatic N) is 2. The number of hydrogen-bond acceptors (Lipinski definition) is 6. The Morgan fingerprint density at radius 2 is 1.64 bits per heavy atom. The van der Waals surface area contributed by atoms with Crippen molar-refractivity contribution >= 4 is 38.0 Å². The van der Waals surface area contributed by atoms with E-state index in [0.717, 1.165) is 21.2 Å². The lowest BCUT2D eigenvalue weighted by atomic mass is 10.1. The Balaban J connectivity index is 1.55. The minimum absolute atomic E-state index is 0.192. The van der Waals surface area contributed by atoms with Crippen LogP contribution in [0.4, 0.5) is 0 Å². The van der Waals surface area contributed by atoms with Crippen molar-refractivity contribution in [3.63, 3.8) is 0 Å². The van der Waals surface area contributed by atoms with E-state index in [1.54, 1.807) is 48.7 Å². The van der Waals surface area contributed by atoms with Crippen molar-refractivity contribution in [2.75, 3.05) is 33.9 Å². The molecule has 0 fully saturated rings. The third-order valence-corrected chi connectivity index (χ3v) is 9.24. The van der Waals surface area contributed by atoms with Gasteiger partial charge in [-0.25, -0.2) is 8.42 Å². The lowest BCUT2D eigenvalue weighted by Gasteiger charge is -2.27. The SMILES string of the molecule is CCCN(CC(=O)N(CCc1ccc(OC)c(OC)c1)Cc1cccs1)S(=O)(=O)c1ccc2ccccc2c1. The molecule has 1 heterocycles. The van der Waals surface area contributed by atoms with Crippen LogP contribution in [0.15, 0.2) is 83.1 Å². The summed E-state index contributed by atoms with van der Waals surface area (Å²) in [7, 11) is -0.691. The highest BCUT2D eigenvalue weighted by Crippen LogP contribution is 2.28. The normalized spacial score (nSPS) is 11.6. The minimum Gasteiger partial charge on any atom is -0.493 e. The lowest BCUT2D eigenvalue weighted by Crippen LogP contribution is -2.43. The Bertz CT molecular complexity index is 1500. The molecule has 0 saturated carbocycles. The number of hydrogen-bond donors (Lipinski definition) is 0. The van der Waals surface area contributed by atoms with Gasteiger partial charge in [0.05, 0.1) is 32.2 Å². The van der Waals surface area contributed by atoms with Gasteiger partial charge >= 0.3 is 0 Å². The molecule has 206 valence electrons. The van der Waals surface area contributed by atoms with Gasteiger partial charge in [-0.05, 0) is 64.9 Å². The number of rotatable bonds is 13. The van der Waals surface area contributed by atoms with Gasteiger partial charge in [0.15, 0.2) is 11.5 Å². The molecular weight excluding hydrogens is 532 g/mol. The Labute approximate surface area is 234 Å². The Hall–Kier alpha value is -3.40. The smallest absolute Gasteiger partial charge is 0.243 e. The molecule has 7 nitrogen and oxygen atoms in total. The average Bonchev–Trinajstić information content (AvgIpc) is 3.47. The van der Waals surface area contributed by atoms with Gasteiger partial charge < -0.3 is 14.4 Å². The number of sulfonamides is 1. The Morgan fingerprint density at radius 3 is 2.33 bits per heavy atom. The summed E-state index contributed by atoms with van der Waals surface area (Å²) in [6.45, 7) is 2.79. The van der Waals surface area contributed by atoms with Crippen LogP contribution >= 0.6 is 11.3 Å². The number of methoxy groups -OCH3 is 2. The van der Waals surface area contributed by atoms with E-state index in [1.807, 2.05) is 66.9 Å². The van der Waals surface area contributed by atoms with Crippen molar-refractivity contribution in [2.45, 2.75) is 31.2 Å². The van der Waals surface area contributed by atoms with Crippen molar-refractivity contribution in [1.82, 2.24) is 9.21 Å². The van der Waals surface area contributed by atoms with Crippen LogP contribution in [0.1, 0.15) is 23.8 Å². The third kappa shape index (κ3) is 6.98. The number of benzene rings is 3. The molecule has 4 aromatic rings. The molecule has 0 aliphatic carbocycles. The first kappa shape index (κ1) is 28.6. The molecule has 1 amide bonds. The largest absolute Gasteiger partial charge is 0.493 e. The number of carbonyl (C=O) groups excluding carboxylic acids is 1.